The minimum atomic E-state index is 0.0114. The highest BCUT2D eigenvalue weighted by Crippen LogP contribution is 2.52. The lowest BCUT2D eigenvalue weighted by Gasteiger charge is -2.18. The molecular formula is C15H24N2OS. The molecule has 19 heavy (non-hydrogen) atoms. The Kier molecular flexibility index (Phi) is 4.19. The molecule has 1 fully saturated rings. The fraction of sp³-hybridized carbons (Fsp3) is 0.667. The summed E-state index contributed by atoms with van der Waals surface area (Å²) in [5.74, 6) is 0.775. The SMILES string of the molecule is CCCN(C)c1sc(C(=O)C(C)C)c(N)c1C1CC1. The lowest BCUT2D eigenvalue weighted by atomic mass is 10.0. The number of ketones is 1. The van der Waals surface area contributed by atoms with E-state index in [-0.39, 0.29) is 11.7 Å². The highest BCUT2D eigenvalue weighted by Gasteiger charge is 2.34. The maximum absolute atomic E-state index is 12.3. The van der Waals surface area contributed by atoms with Crippen LogP contribution in [0.25, 0.3) is 0 Å². The molecule has 0 spiro atoms. The average molecular weight is 280 g/mol. The maximum atomic E-state index is 12.3. The van der Waals surface area contributed by atoms with Crippen molar-refractivity contribution >= 4 is 27.8 Å². The molecule has 0 saturated heterocycles. The number of thiophene rings is 1. The van der Waals surface area contributed by atoms with Crippen molar-refractivity contribution in [2.75, 3.05) is 24.2 Å². The second-order valence-electron chi connectivity index (χ2n) is 5.78. The topological polar surface area (TPSA) is 46.3 Å². The Bertz CT molecular complexity index is 475. The molecule has 0 bridgehead atoms. The third-order valence-electron chi connectivity index (χ3n) is 3.60. The molecule has 0 amide bonds. The number of rotatable bonds is 6. The number of Topliss-reactive ketones (excluding diaryl/α,β-unsaturated/α-hetero) is 1. The summed E-state index contributed by atoms with van der Waals surface area (Å²) >= 11 is 1.59. The molecule has 106 valence electrons. The van der Waals surface area contributed by atoms with Gasteiger partial charge >= 0.3 is 0 Å². The van der Waals surface area contributed by atoms with Crippen LogP contribution in [0.2, 0.25) is 0 Å². The van der Waals surface area contributed by atoms with Gasteiger partial charge in [0.25, 0.3) is 0 Å². The van der Waals surface area contributed by atoms with E-state index in [4.69, 9.17) is 5.73 Å². The minimum Gasteiger partial charge on any atom is -0.397 e. The third-order valence-corrected chi connectivity index (χ3v) is 4.95. The summed E-state index contributed by atoms with van der Waals surface area (Å²) in [4.78, 5) is 15.3. The summed E-state index contributed by atoms with van der Waals surface area (Å²) in [7, 11) is 2.10. The lowest BCUT2D eigenvalue weighted by molar-refractivity contribution is 0.0944. The van der Waals surface area contributed by atoms with Crippen molar-refractivity contribution in [3.8, 4) is 0 Å². The van der Waals surface area contributed by atoms with Crippen LogP contribution in [0, 0.1) is 5.92 Å². The van der Waals surface area contributed by atoms with Crippen LogP contribution in [0.4, 0.5) is 10.7 Å². The van der Waals surface area contributed by atoms with Crippen molar-refractivity contribution < 1.29 is 4.79 Å². The van der Waals surface area contributed by atoms with Gasteiger partial charge in [0.15, 0.2) is 5.78 Å². The van der Waals surface area contributed by atoms with Crippen LogP contribution in [-0.2, 0) is 0 Å². The van der Waals surface area contributed by atoms with Crippen molar-refractivity contribution in [1.82, 2.24) is 0 Å². The zero-order valence-electron chi connectivity index (χ0n) is 12.3. The first-order valence-electron chi connectivity index (χ1n) is 7.14. The van der Waals surface area contributed by atoms with Gasteiger partial charge in [-0.2, -0.15) is 0 Å². The molecular weight excluding hydrogens is 256 g/mol. The van der Waals surface area contributed by atoms with Crippen LogP contribution in [0.3, 0.4) is 0 Å². The van der Waals surface area contributed by atoms with Crippen molar-refractivity contribution in [3.63, 3.8) is 0 Å². The molecule has 1 aromatic rings. The molecule has 0 unspecified atom stereocenters. The van der Waals surface area contributed by atoms with E-state index in [0.717, 1.165) is 23.5 Å². The molecule has 0 atom stereocenters. The molecule has 1 saturated carbocycles. The molecule has 2 N–H and O–H groups in total. The molecule has 1 aromatic heterocycles. The Labute approximate surface area is 119 Å². The number of carbonyl (C=O) groups excluding carboxylic acids is 1. The second kappa shape index (κ2) is 5.53. The van der Waals surface area contributed by atoms with E-state index in [9.17, 15) is 4.79 Å². The number of hydrogen-bond acceptors (Lipinski definition) is 4. The van der Waals surface area contributed by atoms with Crippen LogP contribution >= 0.6 is 11.3 Å². The van der Waals surface area contributed by atoms with E-state index in [1.807, 2.05) is 13.8 Å². The highest BCUT2D eigenvalue weighted by atomic mass is 32.1. The van der Waals surface area contributed by atoms with Gasteiger partial charge in [-0.1, -0.05) is 20.8 Å². The van der Waals surface area contributed by atoms with Crippen molar-refractivity contribution in [2.24, 2.45) is 5.92 Å². The highest BCUT2D eigenvalue weighted by molar-refractivity contribution is 7.19. The van der Waals surface area contributed by atoms with Gasteiger partial charge in [-0.05, 0) is 25.2 Å². The van der Waals surface area contributed by atoms with Crippen molar-refractivity contribution in [1.29, 1.82) is 0 Å². The number of nitrogens with two attached hydrogens (primary N) is 1. The maximum Gasteiger partial charge on any atom is 0.177 e. The zero-order valence-corrected chi connectivity index (χ0v) is 13.1. The largest absolute Gasteiger partial charge is 0.397 e. The van der Waals surface area contributed by atoms with Gasteiger partial charge in [-0.25, -0.2) is 0 Å². The molecule has 0 aromatic carbocycles. The Morgan fingerprint density at radius 2 is 2.11 bits per heavy atom. The van der Waals surface area contributed by atoms with Gasteiger partial charge in [-0.3, -0.25) is 4.79 Å². The van der Waals surface area contributed by atoms with E-state index < -0.39 is 0 Å². The summed E-state index contributed by atoms with van der Waals surface area (Å²) in [6, 6.07) is 0. The number of carbonyl (C=O) groups is 1. The molecule has 1 aliphatic carbocycles. The monoisotopic (exact) mass is 280 g/mol. The van der Waals surface area contributed by atoms with Gasteiger partial charge in [0, 0.05) is 25.1 Å². The third kappa shape index (κ3) is 2.78. The lowest BCUT2D eigenvalue weighted by Crippen LogP contribution is -2.17. The quantitative estimate of drug-likeness (QED) is 0.804. The van der Waals surface area contributed by atoms with E-state index in [1.54, 1.807) is 11.3 Å². The second-order valence-corrected chi connectivity index (χ2v) is 6.78. The van der Waals surface area contributed by atoms with Gasteiger partial charge < -0.3 is 10.6 Å². The predicted octanol–water partition coefficient (Wildman–Crippen LogP) is 3.89. The molecule has 1 heterocycles. The van der Waals surface area contributed by atoms with Crippen molar-refractivity contribution in [3.05, 3.63) is 10.4 Å². The summed E-state index contributed by atoms with van der Waals surface area (Å²) in [6.07, 6.45) is 3.53. The van der Waals surface area contributed by atoms with Crippen LogP contribution in [0.5, 0.6) is 0 Å². The Hall–Kier alpha value is -1.03. The first kappa shape index (κ1) is 14.4. The van der Waals surface area contributed by atoms with Crippen molar-refractivity contribution in [2.45, 2.75) is 46.0 Å². The molecule has 0 aliphatic heterocycles. The van der Waals surface area contributed by atoms with Crippen LogP contribution in [0.1, 0.15) is 61.2 Å². The van der Waals surface area contributed by atoms with Crippen LogP contribution < -0.4 is 10.6 Å². The van der Waals surface area contributed by atoms with Gasteiger partial charge in [0.2, 0.25) is 0 Å². The number of hydrogen-bond donors (Lipinski definition) is 1. The summed E-state index contributed by atoms with van der Waals surface area (Å²) < 4.78 is 0. The van der Waals surface area contributed by atoms with Gasteiger partial charge in [-0.15, -0.1) is 11.3 Å². The average Bonchev–Trinajstić information content (AvgIpc) is 3.12. The number of nitrogens with zero attached hydrogens (tertiary/aromatic N) is 1. The minimum absolute atomic E-state index is 0.0114. The summed E-state index contributed by atoms with van der Waals surface area (Å²) in [5, 5.41) is 1.21. The number of nitrogen functional groups attached to an aromatic ring is 1. The van der Waals surface area contributed by atoms with Crippen LogP contribution in [0.15, 0.2) is 0 Å². The first-order valence-corrected chi connectivity index (χ1v) is 7.96. The summed E-state index contributed by atoms with van der Waals surface area (Å²) in [6.45, 7) is 7.06. The standard InChI is InChI=1S/C15H24N2OS/c1-5-8-17(4)15-11(10-6-7-10)12(16)14(19-15)13(18)9(2)3/h9-10H,5-8,16H2,1-4H3. The molecule has 3 nitrogen and oxygen atoms in total. The number of anilines is 2. The fourth-order valence-corrected chi connectivity index (χ4v) is 3.76. The zero-order chi connectivity index (χ0) is 14.2. The van der Waals surface area contributed by atoms with Gasteiger partial charge in [0.05, 0.1) is 15.6 Å². The smallest absolute Gasteiger partial charge is 0.177 e. The first-order chi connectivity index (χ1) is 8.97. The normalized spacial score (nSPS) is 15.0. The Morgan fingerprint density at radius 1 is 1.47 bits per heavy atom. The molecule has 1 aliphatic rings. The molecule has 2 rings (SSSR count). The van der Waals surface area contributed by atoms with Gasteiger partial charge in [0.1, 0.15) is 0 Å². The molecule has 4 heteroatoms. The molecule has 0 radical (unpaired) electrons. The summed E-state index contributed by atoms with van der Waals surface area (Å²) in [5.41, 5.74) is 8.28. The Balaban J connectivity index is 2.42. The van der Waals surface area contributed by atoms with E-state index in [0.29, 0.717) is 5.92 Å². The van der Waals surface area contributed by atoms with Crippen LogP contribution in [-0.4, -0.2) is 19.4 Å². The fourth-order valence-electron chi connectivity index (χ4n) is 2.38. The van der Waals surface area contributed by atoms with E-state index in [1.165, 1.54) is 23.4 Å². The van der Waals surface area contributed by atoms with E-state index in [2.05, 4.69) is 18.9 Å². The Morgan fingerprint density at radius 3 is 2.58 bits per heavy atom. The predicted molar refractivity (Wildman–Crippen MR) is 83.4 cm³/mol. The van der Waals surface area contributed by atoms with E-state index >= 15 is 0 Å².